The minimum Gasteiger partial charge on any atom is -0.481 e. The van der Waals surface area contributed by atoms with Crippen LogP contribution in [0.1, 0.15) is 42.7 Å². The number of likely N-dealkylation sites (tertiary alicyclic amines) is 1. The number of hydrogen-bond donors (Lipinski definition) is 2. The number of halogens is 2. The van der Waals surface area contributed by atoms with Gasteiger partial charge in [0, 0.05) is 36.6 Å². The van der Waals surface area contributed by atoms with E-state index in [0.29, 0.717) is 35.5 Å². The van der Waals surface area contributed by atoms with Gasteiger partial charge < -0.3 is 10.0 Å². The van der Waals surface area contributed by atoms with Gasteiger partial charge in [0.05, 0.1) is 12.1 Å². The number of hydrogen-bond acceptors (Lipinski definition) is 5. The molecule has 0 amide bonds. The number of nitrogens with one attached hydrogen (secondary N) is 1. The van der Waals surface area contributed by atoms with Crippen LogP contribution in [-0.2, 0) is 11.2 Å². The molecule has 2 aromatic carbocycles. The lowest BCUT2D eigenvalue weighted by Crippen LogP contribution is -2.54. The number of carbonyl (C=O) groups excluding carboxylic acids is 1. The maximum absolute atomic E-state index is 14.3. The predicted octanol–water partition coefficient (Wildman–Crippen LogP) is 5.13. The summed E-state index contributed by atoms with van der Waals surface area (Å²) in [5.41, 5.74) is 2.49. The molecule has 1 aliphatic rings. The molecule has 0 radical (unpaired) electrons. The summed E-state index contributed by atoms with van der Waals surface area (Å²) in [6, 6.07) is 11.8. The fourth-order valence-corrected chi connectivity index (χ4v) is 5.25. The van der Waals surface area contributed by atoms with Crippen molar-refractivity contribution in [2.24, 2.45) is 17.3 Å². The molecule has 0 spiro atoms. The van der Waals surface area contributed by atoms with E-state index < -0.39 is 11.9 Å². The van der Waals surface area contributed by atoms with Crippen molar-refractivity contribution >= 4 is 23.4 Å². The number of ketones is 1. The summed E-state index contributed by atoms with van der Waals surface area (Å²) >= 11 is 6.04. The average Bonchev–Trinajstić information content (AvgIpc) is 3.34. The Labute approximate surface area is 214 Å². The van der Waals surface area contributed by atoms with Gasteiger partial charge in [-0.25, -0.2) is 4.39 Å². The van der Waals surface area contributed by atoms with Crippen molar-refractivity contribution in [1.82, 2.24) is 20.3 Å². The minimum absolute atomic E-state index is 0.159. The second kappa shape index (κ2) is 10.9. The molecular formula is C27H30ClFN4O3. The van der Waals surface area contributed by atoms with Gasteiger partial charge in [0.25, 0.3) is 0 Å². The van der Waals surface area contributed by atoms with Gasteiger partial charge in [-0.15, -0.1) is 0 Å². The van der Waals surface area contributed by atoms with E-state index in [0.717, 1.165) is 18.7 Å². The Bertz CT molecular complexity index is 1210. The van der Waals surface area contributed by atoms with Gasteiger partial charge in [-0.3, -0.25) is 9.59 Å². The summed E-state index contributed by atoms with van der Waals surface area (Å²) in [5.74, 6) is -2.19. The van der Waals surface area contributed by atoms with Crippen LogP contribution in [0.15, 0.2) is 48.7 Å². The first kappa shape index (κ1) is 26.0. The molecule has 2 N–H and O–H groups in total. The molecule has 2 heterocycles. The molecule has 1 saturated heterocycles. The maximum atomic E-state index is 14.3. The number of nitrogens with zero attached hydrogens (tertiary/aromatic N) is 3. The zero-order chi connectivity index (χ0) is 25.9. The Morgan fingerprint density at radius 1 is 1.19 bits per heavy atom. The van der Waals surface area contributed by atoms with E-state index in [1.807, 2.05) is 24.3 Å². The number of aromatic nitrogens is 3. The van der Waals surface area contributed by atoms with Crippen molar-refractivity contribution in [3.63, 3.8) is 0 Å². The van der Waals surface area contributed by atoms with Gasteiger partial charge in [-0.2, -0.15) is 15.4 Å². The highest BCUT2D eigenvalue weighted by Gasteiger charge is 2.37. The van der Waals surface area contributed by atoms with Crippen LogP contribution in [0.5, 0.6) is 0 Å². The fraction of sp³-hybridized carbons (Fsp3) is 0.407. The number of aliphatic carboxylic acids is 1. The van der Waals surface area contributed by atoms with E-state index in [-0.39, 0.29) is 35.0 Å². The Hall–Kier alpha value is -3.10. The number of carboxylic acid groups (broad SMARTS) is 1. The first-order valence-corrected chi connectivity index (χ1v) is 12.4. The first-order chi connectivity index (χ1) is 17.1. The molecule has 0 aliphatic carbocycles. The second-order valence-electron chi connectivity index (χ2n) is 10.5. The van der Waals surface area contributed by atoms with Crippen molar-refractivity contribution in [3.05, 3.63) is 70.8 Å². The van der Waals surface area contributed by atoms with Crippen LogP contribution >= 0.6 is 11.6 Å². The predicted molar refractivity (Wildman–Crippen MR) is 135 cm³/mol. The van der Waals surface area contributed by atoms with Crippen molar-refractivity contribution in [1.29, 1.82) is 0 Å². The summed E-state index contributed by atoms with van der Waals surface area (Å²) in [6.07, 6.45) is 2.41. The molecule has 1 aromatic heterocycles. The number of rotatable bonds is 11. The zero-order valence-electron chi connectivity index (χ0n) is 20.4. The number of carboxylic acids is 1. The van der Waals surface area contributed by atoms with E-state index in [9.17, 15) is 19.1 Å². The molecule has 4 rings (SSSR count). The second-order valence-corrected chi connectivity index (χ2v) is 10.9. The molecule has 1 aliphatic heterocycles. The van der Waals surface area contributed by atoms with Crippen LogP contribution in [0.3, 0.4) is 0 Å². The highest BCUT2D eigenvalue weighted by molar-refractivity contribution is 6.30. The fourth-order valence-electron chi connectivity index (χ4n) is 5.07. The van der Waals surface area contributed by atoms with Crippen LogP contribution in [0.25, 0.3) is 11.1 Å². The third-order valence-corrected chi connectivity index (χ3v) is 6.88. The molecule has 1 fully saturated rings. The average molecular weight is 513 g/mol. The molecule has 9 heteroatoms. The van der Waals surface area contributed by atoms with Crippen LogP contribution < -0.4 is 0 Å². The van der Waals surface area contributed by atoms with E-state index in [1.54, 1.807) is 6.07 Å². The number of carbonyl (C=O) groups is 2. The summed E-state index contributed by atoms with van der Waals surface area (Å²) in [5, 5.41) is 20.4. The maximum Gasteiger partial charge on any atom is 0.307 e. The van der Waals surface area contributed by atoms with Crippen LogP contribution in [0.4, 0.5) is 4.39 Å². The van der Waals surface area contributed by atoms with Crippen LogP contribution in [-0.4, -0.2) is 56.8 Å². The number of Topliss-reactive ketones (excluding diaryl/α,β-unsaturated/α-hetero) is 1. The molecule has 7 nitrogen and oxygen atoms in total. The lowest BCUT2D eigenvalue weighted by Gasteiger charge is -2.47. The number of H-pyrrole nitrogens is 1. The molecule has 36 heavy (non-hydrogen) atoms. The van der Waals surface area contributed by atoms with Crippen molar-refractivity contribution < 1.29 is 19.1 Å². The molecule has 0 bridgehead atoms. The molecule has 0 unspecified atom stereocenters. The van der Waals surface area contributed by atoms with Gasteiger partial charge in [-0.1, -0.05) is 49.7 Å². The lowest BCUT2D eigenvalue weighted by atomic mass is 9.81. The Kier molecular flexibility index (Phi) is 7.85. The Morgan fingerprint density at radius 3 is 2.53 bits per heavy atom. The standard InChI is InChI=1S/C27H30ClFN4O3/c1-27(2)15-33(16-27)14-20(26(35)36)10-18(11-25(34)24-13-30-32-31-24)9-17-3-5-19(6-4-17)22-12-21(28)7-8-23(22)29/h3-8,12-13,18,20H,9-11,14-16H2,1-2H3,(H,35,36)(H,30,31,32)/t18-,20+/m1/s1. The topological polar surface area (TPSA) is 99.2 Å². The van der Waals surface area contributed by atoms with Gasteiger partial charge in [0.15, 0.2) is 5.78 Å². The van der Waals surface area contributed by atoms with Gasteiger partial charge in [0.1, 0.15) is 11.5 Å². The quantitative estimate of drug-likeness (QED) is 0.346. The minimum atomic E-state index is -0.856. The third-order valence-electron chi connectivity index (χ3n) is 6.64. The lowest BCUT2D eigenvalue weighted by molar-refractivity contribution is -0.144. The monoisotopic (exact) mass is 512 g/mol. The highest BCUT2D eigenvalue weighted by Crippen LogP contribution is 2.32. The zero-order valence-corrected chi connectivity index (χ0v) is 21.1. The Morgan fingerprint density at radius 2 is 1.92 bits per heavy atom. The summed E-state index contributed by atoms with van der Waals surface area (Å²) in [6.45, 7) is 6.51. The van der Waals surface area contributed by atoms with Crippen LogP contribution in [0, 0.1) is 23.1 Å². The summed E-state index contributed by atoms with van der Waals surface area (Å²) in [7, 11) is 0. The van der Waals surface area contributed by atoms with Crippen molar-refractivity contribution in [2.75, 3.05) is 19.6 Å². The van der Waals surface area contributed by atoms with E-state index in [2.05, 4.69) is 34.2 Å². The van der Waals surface area contributed by atoms with Crippen molar-refractivity contribution in [3.8, 4) is 11.1 Å². The number of benzene rings is 2. The molecular weight excluding hydrogens is 483 g/mol. The summed E-state index contributed by atoms with van der Waals surface area (Å²) in [4.78, 5) is 27.1. The molecule has 3 aromatic rings. The van der Waals surface area contributed by atoms with Gasteiger partial charge in [0.2, 0.25) is 0 Å². The Balaban J connectivity index is 1.50. The van der Waals surface area contributed by atoms with Gasteiger partial charge in [-0.05, 0) is 53.5 Å². The molecule has 190 valence electrons. The normalized spacial score (nSPS) is 16.8. The highest BCUT2D eigenvalue weighted by atomic mass is 35.5. The largest absolute Gasteiger partial charge is 0.481 e. The van der Waals surface area contributed by atoms with E-state index >= 15 is 0 Å². The smallest absolute Gasteiger partial charge is 0.307 e. The van der Waals surface area contributed by atoms with E-state index in [4.69, 9.17) is 11.6 Å². The molecule has 0 saturated carbocycles. The molecule has 2 atom stereocenters. The first-order valence-electron chi connectivity index (χ1n) is 12.0. The van der Waals surface area contributed by atoms with Crippen LogP contribution in [0.2, 0.25) is 5.02 Å². The van der Waals surface area contributed by atoms with Crippen molar-refractivity contribution in [2.45, 2.75) is 33.1 Å². The number of aromatic amines is 1. The third kappa shape index (κ3) is 6.56. The van der Waals surface area contributed by atoms with Gasteiger partial charge >= 0.3 is 5.97 Å². The summed E-state index contributed by atoms with van der Waals surface area (Å²) < 4.78 is 14.3. The van der Waals surface area contributed by atoms with E-state index in [1.165, 1.54) is 18.3 Å². The SMILES string of the molecule is CC1(C)CN(C[C@H](C[C@H](CC(=O)c2cn[nH]n2)Cc2ccc(-c3cc(Cl)ccc3F)cc2)C(=O)O)C1.